The summed E-state index contributed by atoms with van der Waals surface area (Å²) in [5.74, 6) is 0. The topological polar surface area (TPSA) is 31.6 Å². The van der Waals surface area contributed by atoms with E-state index in [9.17, 15) is 5.11 Å². The molecule has 0 radical (unpaired) electrons. The van der Waals surface area contributed by atoms with Crippen LogP contribution >= 0.6 is 43.5 Å². The highest BCUT2D eigenvalue weighted by molar-refractivity contribution is 9.10. The Morgan fingerprint density at radius 2 is 1.34 bits per heavy atom. The van der Waals surface area contributed by atoms with Crippen molar-refractivity contribution < 1.29 is 5.11 Å². The minimum atomic E-state index is -0.442. The van der Waals surface area contributed by atoms with Crippen LogP contribution in [0.5, 0.6) is 0 Å². The number of fused-ring (bicyclic) bond motifs is 3. The number of aliphatic hydroxyl groups is 1. The third-order valence-corrected chi connectivity index (χ3v) is 7.45. The van der Waals surface area contributed by atoms with E-state index in [1.165, 1.54) is 16.5 Å². The smallest absolute Gasteiger partial charge is 0.0845 e. The van der Waals surface area contributed by atoms with Crippen molar-refractivity contribution in [2.75, 3.05) is 37.6 Å². The van der Waals surface area contributed by atoms with Crippen molar-refractivity contribution in [1.29, 1.82) is 0 Å². The summed E-state index contributed by atoms with van der Waals surface area (Å²) in [6.45, 7) is 5.01. The molecule has 2 heterocycles. The van der Waals surface area contributed by atoms with Crippen molar-refractivity contribution in [2.24, 2.45) is 0 Å². The highest BCUT2D eigenvalue weighted by atomic mass is 79.9. The molecule has 0 aliphatic carbocycles. The predicted molar refractivity (Wildman–Crippen MR) is 141 cm³/mol. The van der Waals surface area contributed by atoms with Gasteiger partial charge in [0.05, 0.1) is 12.6 Å². The SMILES string of the molecule is O[C@@H](CN1CCN(c2ccc(Cl)cc2)CC1)Cn1c2ccc(Br)cc2c2cc(Br)ccc21. The molecule has 1 atom stereocenters. The van der Waals surface area contributed by atoms with Gasteiger partial charge in [0.2, 0.25) is 0 Å². The number of benzene rings is 3. The summed E-state index contributed by atoms with van der Waals surface area (Å²) in [5, 5.41) is 14.2. The van der Waals surface area contributed by atoms with Crippen LogP contribution in [-0.2, 0) is 6.54 Å². The van der Waals surface area contributed by atoms with E-state index in [4.69, 9.17) is 11.6 Å². The van der Waals surface area contributed by atoms with E-state index in [0.717, 1.165) is 51.2 Å². The van der Waals surface area contributed by atoms with Gasteiger partial charge in [-0.2, -0.15) is 0 Å². The largest absolute Gasteiger partial charge is 0.390 e. The second-order valence-electron chi connectivity index (χ2n) is 8.35. The summed E-state index contributed by atoms with van der Waals surface area (Å²) in [5.41, 5.74) is 3.50. The average molecular weight is 578 g/mol. The van der Waals surface area contributed by atoms with Gasteiger partial charge in [-0.15, -0.1) is 0 Å². The molecule has 0 unspecified atom stereocenters. The van der Waals surface area contributed by atoms with Gasteiger partial charge in [-0.1, -0.05) is 43.5 Å². The Bertz CT molecular complexity index is 1190. The minimum Gasteiger partial charge on any atom is -0.390 e. The van der Waals surface area contributed by atoms with Crippen LogP contribution < -0.4 is 4.90 Å². The van der Waals surface area contributed by atoms with Crippen molar-refractivity contribution in [3.63, 3.8) is 0 Å². The quantitative estimate of drug-likeness (QED) is 0.309. The molecular weight excluding hydrogens is 554 g/mol. The number of anilines is 1. The van der Waals surface area contributed by atoms with Crippen LogP contribution in [0.3, 0.4) is 0 Å². The molecule has 1 aliphatic rings. The Morgan fingerprint density at radius 3 is 1.91 bits per heavy atom. The minimum absolute atomic E-state index is 0.442. The molecule has 166 valence electrons. The second-order valence-corrected chi connectivity index (χ2v) is 10.6. The van der Waals surface area contributed by atoms with Crippen molar-refractivity contribution in [2.45, 2.75) is 12.6 Å². The monoisotopic (exact) mass is 575 g/mol. The molecule has 5 rings (SSSR count). The maximum atomic E-state index is 11.0. The molecule has 1 saturated heterocycles. The van der Waals surface area contributed by atoms with Crippen LogP contribution in [0.15, 0.2) is 69.6 Å². The highest BCUT2D eigenvalue weighted by Gasteiger charge is 2.21. The van der Waals surface area contributed by atoms with E-state index in [2.05, 4.69) is 94.8 Å². The number of piperazine rings is 1. The summed E-state index contributed by atoms with van der Waals surface area (Å²) in [6, 6.07) is 20.7. The Labute approximate surface area is 209 Å². The lowest BCUT2D eigenvalue weighted by molar-refractivity contribution is 0.0969. The van der Waals surface area contributed by atoms with Crippen LogP contribution in [0, 0.1) is 0 Å². The van der Waals surface area contributed by atoms with E-state index < -0.39 is 6.10 Å². The predicted octanol–water partition coefficient (Wildman–Crippen LogP) is 6.16. The standard InChI is InChI=1S/C25H24Br2ClN3O/c26-17-1-7-24-22(13-17)23-14-18(27)2-8-25(23)31(24)16-21(32)15-29-9-11-30(12-10-29)20-5-3-19(28)4-6-20/h1-8,13-14,21,32H,9-12,15-16H2/t21-/m0/s1. The van der Waals surface area contributed by atoms with Crippen LogP contribution in [0.2, 0.25) is 5.02 Å². The third-order valence-electron chi connectivity index (χ3n) is 6.22. The zero-order chi connectivity index (χ0) is 22.2. The number of aliphatic hydroxyl groups excluding tert-OH is 1. The molecule has 0 spiro atoms. The number of halogens is 3. The first-order chi connectivity index (χ1) is 15.5. The summed E-state index contributed by atoms with van der Waals surface area (Å²) >= 11 is 13.2. The number of nitrogens with zero attached hydrogens (tertiary/aromatic N) is 3. The van der Waals surface area contributed by atoms with E-state index in [1.807, 2.05) is 12.1 Å². The van der Waals surface area contributed by atoms with Crippen LogP contribution in [0.1, 0.15) is 0 Å². The summed E-state index contributed by atoms with van der Waals surface area (Å²) in [7, 11) is 0. The van der Waals surface area contributed by atoms with Gasteiger partial charge < -0.3 is 14.6 Å². The van der Waals surface area contributed by atoms with Crippen molar-refractivity contribution in [3.8, 4) is 0 Å². The molecule has 0 amide bonds. The zero-order valence-electron chi connectivity index (χ0n) is 17.5. The van der Waals surface area contributed by atoms with Crippen LogP contribution in [-0.4, -0.2) is 53.4 Å². The van der Waals surface area contributed by atoms with Gasteiger partial charge in [-0.25, -0.2) is 0 Å². The van der Waals surface area contributed by atoms with E-state index in [0.29, 0.717) is 13.1 Å². The van der Waals surface area contributed by atoms with Gasteiger partial charge >= 0.3 is 0 Å². The maximum absolute atomic E-state index is 11.0. The molecular formula is C25H24Br2ClN3O. The maximum Gasteiger partial charge on any atom is 0.0845 e. The van der Waals surface area contributed by atoms with Gasteiger partial charge in [-0.3, -0.25) is 4.90 Å². The van der Waals surface area contributed by atoms with Crippen LogP contribution in [0.4, 0.5) is 5.69 Å². The first-order valence-electron chi connectivity index (χ1n) is 10.8. The molecule has 0 saturated carbocycles. The molecule has 0 bridgehead atoms. The molecule has 4 aromatic rings. The van der Waals surface area contributed by atoms with Gasteiger partial charge in [0.15, 0.2) is 0 Å². The zero-order valence-corrected chi connectivity index (χ0v) is 21.4. The summed E-state index contributed by atoms with van der Waals surface area (Å²) in [6.07, 6.45) is -0.442. The van der Waals surface area contributed by atoms with Gasteiger partial charge in [0.1, 0.15) is 0 Å². The number of aromatic nitrogens is 1. The van der Waals surface area contributed by atoms with Gasteiger partial charge in [-0.05, 0) is 60.7 Å². The molecule has 3 aromatic carbocycles. The molecule has 1 aromatic heterocycles. The van der Waals surface area contributed by atoms with Gasteiger partial charge in [0.25, 0.3) is 0 Å². The molecule has 1 fully saturated rings. The Morgan fingerprint density at radius 1 is 0.781 bits per heavy atom. The lowest BCUT2D eigenvalue weighted by atomic mass is 10.2. The van der Waals surface area contributed by atoms with Gasteiger partial charge in [0, 0.05) is 74.2 Å². The Kier molecular flexibility index (Phi) is 6.50. The highest BCUT2D eigenvalue weighted by Crippen LogP contribution is 2.33. The van der Waals surface area contributed by atoms with E-state index in [-0.39, 0.29) is 0 Å². The fourth-order valence-corrected chi connectivity index (χ4v) is 5.50. The van der Waals surface area contributed by atoms with E-state index >= 15 is 0 Å². The average Bonchev–Trinajstić information content (AvgIpc) is 3.07. The third kappa shape index (κ3) is 4.57. The second kappa shape index (κ2) is 9.35. The van der Waals surface area contributed by atoms with Crippen LogP contribution in [0.25, 0.3) is 21.8 Å². The summed E-state index contributed by atoms with van der Waals surface area (Å²) in [4.78, 5) is 4.74. The molecule has 32 heavy (non-hydrogen) atoms. The normalized spacial score (nSPS) is 16.2. The number of hydrogen-bond donors (Lipinski definition) is 1. The lowest BCUT2D eigenvalue weighted by Crippen LogP contribution is -2.49. The number of rotatable bonds is 5. The molecule has 1 N–H and O–H groups in total. The number of β-amino-alcohol motifs (C(OH)–C–C–N with tert-alkyl or cyclic N) is 1. The van der Waals surface area contributed by atoms with Crippen molar-refractivity contribution in [1.82, 2.24) is 9.47 Å². The fraction of sp³-hybridized carbons (Fsp3) is 0.280. The first-order valence-corrected chi connectivity index (χ1v) is 12.7. The van der Waals surface area contributed by atoms with Crippen molar-refractivity contribution in [3.05, 3.63) is 74.6 Å². The molecule has 4 nitrogen and oxygen atoms in total. The van der Waals surface area contributed by atoms with Crippen molar-refractivity contribution >= 4 is 71.0 Å². The first kappa shape index (κ1) is 22.2. The van der Waals surface area contributed by atoms with E-state index in [1.54, 1.807) is 0 Å². The molecule has 1 aliphatic heterocycles. The fourth-order valence-electron chi connectivity index (χ4n) is 4.65. The summed E-state index contributed by atoms with van der Waals surface area (Å²) < 4.78 is 4.37. The number of hydrogen-bond acceptors (Lipinski definition) is 3. The lowest BCUT2D eigenvalue weighted by Gasteiger charge is -2.37. The Balaban J connectivity index is 1.29. The molecule has 7 heteroatoms. The Hall–Kier alpha value is -1.57.